The number of aromatic nitrogens is 2. The summed E-state index contributed by atoms with van der Waals surface area (Å²) in [4.78, 5) is 11.1. The highest BCUT2D eigenvalue weighted by molar-refractivity contribution is 7.92. The van der Waals surface area contributed by atoms with E-state index in [1.807, 2.05) is 13.8 Å². The number of anilines is 1. The van der Waals surface area contributed by atoms with Crippen LogP contribution < -0.4 is 14.2 Å². The van der Waals surface area contributed by atoms with Gasteiger partial charge in [-0.15, -0.1) is 0 Å². The number of carboxylic acids is 1. The first kappa shape index (κ1) is 18.6. The average molecular weight is 369 g/mol. The summed E-state index contributed by atoms with van der Waals surface area (Å²) in [5.41, 5.74) is -0.324. The van der Waals surface area contributed by atoms with Crippen LogP contribution in [0.5, 0.6) is 11.5 Å². The van der Waals surface area contributed by atoms with Gasteiger partial charge in [0.1, 0.15) is 5.56 Å². The zero-order valence-corrected chi connectivity index (χ0v) is 15.0. The van der Waals surface area contributed by atoms with Crippen molar-refractivity contribution in [2.75, 3.05) is 18.9 Å². The molecule has 0 fully saturated rings. The molecule has 0 bridgehead atoms. The normalized spacial score (nSPS) is 11.4. The predicted octanol–water partition coefficient (Wildman–Crippen LogP) is 1.98. The van der Waals surface area contributed by atoms with Crippen LogP contribution in [0, 0.1) is 0 Å². The molecule has 0 aliphatic rings. The van der Waals surface area contributed by atoms with E-state index in [-0.39, 0.29) is 33.8 Å². The zero-order chi connectivity index (χ0) is 18.8. The summed E-state index contributed by atoms with van der Waals surface area (Å²) in [6, 6.07) is 3.77. The van der Waals surface area contributed by atoms with Crippen molar-refractivity contribution in [2.24, 2.45) is 0 Å². The molecular formula is C15H19N3O6S. The fourth-order valence-electron chi connectivity index (χ4n) is 2.13. The Kier molecular flexibility index (Phi) is 5.21. The Hall–Kier alpha value is -2.75. The minimum atomic E-state index is -4.06. The van der Waals surface area contributed by atoms with Crippen LogP contribution >= 0.6 is 0 Å². The van der Waals surface area contributed by atoms with Crippen molar-refractivity contribution in [1.29, 1.82) is 0 Å². The minimum Gasteiger partial charge on any atom is -0.493 e. The van der Waals surface area contributed by atoms with Crippen molar-refractivity contribution in [3.8, 4) is 11.5 Å². The third-order valence-corrected chi connectivity index (χ3v) is 4.70. The molecule has 0 spiro atoms. The number of nitrogens with one attached hydrogen (secondary N) is 1. The number of nitrogens with zero attached hydrogens (tertiary/aromatic N) is 2. The molecule has 0 unspecified atom stereocenters. The summed E-state index contributed by atoms with van der Waals surface area (Å²) >= 11 is 0. The van der Waals surface area contributed by atoms with Crippen molar-refractivity contribution >= 4 is 21.8 Å². The van der Waals surface area contributed by atoms with Gasteiger partial charge in [0.15, 0.2) is 17.3 Å². The van der Waals surface area contributed by atoms with Crippen LogP contribution in [0.15, 0.2) is 29.3 Å². The van der Waals surface area contributed by atoms with E-state index in [9.17, 15) is 18.3 Å². The Balaban J connectivity index is 2.47. The van der Waals surface area contributed by atoms with Gasteiger partial charge in [-0.1, -0.05) is 0 Å². The largest absolute Gasteiger partial charge is 0.493 e. The second kappa shape index (κ2) is 7.01. The van der Waals surface area contributed by atoms with Crippen LogP contribution in [0.3, 0.4) is 0 Å². The van der Waals surface area contributed by atoms with E-state index in [0.717, 1.165) is 6.07 Å². The van der Waals surface area contributed by atoms with Gasteiger partial charge in [0, 0.05) is 24.4 Å². The molecule has 1 aromatic carbocycles. The Morgan fingerprint density at radius 2 is 1.96 bits per heavy atom. The quantitative estimate of drug-likeness (QED) is 0.765. The lowest BCUT2D eigenvalue weighted by Crippen LogP contribution is -2.15. The monoisotopic (exact) mass is 369 g/mol. The fourth-order valence-corrected chi connectivity index (χ4v) is 3.17. The second-order valence-electron chi connectivity index (χ2n) is 5.39. The topological polar surface area (TPSA) is 120 Å². The SMILES string of the molecule is COc1cc(S(=O)(=O)Nc2ccn(C(C)C)n2)cc(C(=O)O)c1OC. The van der Waals surface area contributed by atoms with Crippen LogP contribution in [0.25, 0.3) is 0 Å². The second-order valence-corrected chi connectivity index (χ2v) is 7.07. The third kappa shape index (κ3) is 3.85. The van der Waals surface area contributed by atoms with E-state index in [1.165, 1.54) is 26.4 Å². The van der Waals surface area contributed by atoms with Gasteiger partial charge >= 0.3 is 5.97 Å². The van der Waals surface area contributed by atoms with Gasteiger partial charge in [0.25, 0.3) is 10.0 Å². The third-order valence-electron chi connectivity index (χ3n) is 3.37. The number of carbonyl (C=O) groups is 1. The van der Waals surface area contributed by atoms with E-state index >= 15 is 0 Å². The van der Waals surface area contributed by atoms with E-state index in [1.54, 1.807) is 10.9 Å². The van der Waals surface area contributed by atoms with Crippen molar-refractivity contribution in [3.63, 3.8) is 0 Å². The summed E-state index contributed by atoms with van der Waals surface area (Å²) in [6.07, 6.45) is 1.64. The van der Waals surface area contributed by atoms with Gasteiger partial charge in [0.2, 0.25) is 0 Å². The first-order chi connectivity index (χ1) is 11.7. The van der Waals surface area contributed by atoms with Crippen molar-refractivity contribution in [2.45, 2.75) is 24.8 Å². The van der Waals surface area contributed by atoms with Crippen LogP contribution in [-0.4, -0.2) is 43.5 Å². The first-order valence-corrected chi connectivity index (χ1v) is 8.75. The molecule has 1 heterocycles. The van der Waals surface area contributed by atoms with Gasteiger partial charge in [-0.05, 0) is 19.9 Å². The molecule has 0 aliphatic heterocycles. The van der Waals surface area contributed by atoms with E-state index in [4.69, 9.17) is 9.47 Å². The molecule has 0 aliphatic carbocycles. The van der Waals surface area contributed by atoms with Gasteiger partial charge in [-0.25, -0.2) is 13.2 Å². The maximum absolute atomic E-state index is 12.6. The number of ether oxygens (including phenoxy) is 2. The summed E-state index contributed by atoms with van der Waals surface area (Å²) in [6.45, 7) is 3.80. The van der Waals surface area contributed by atoms with Gasteiger partial charge in [-0.3, -0.25) is 9.40 Å². The smallest absolute Gasteiger partial charge is 0.339 e. The van der Waals surface area contributed by atoms with E-state index in [2.05, 4.69) is 9.82 Å². The molecule has 9 nitrogen and oxygen atoms in total. The lowest BCUT2D eigenvalue weighted by atomic mass is 10.2. The molecule has 1 aromatic heterocycles. The number of hydrogen-bond donors (Lipinski definition) is 2. The Morgan fingerprint density at radius 3 is 2.44 bits per heavy atom. The number of sulfonamides is 1. The van der Waals surface area contributed by atoms with Crippen molar-refractivity contribution in [3.05, 3.63) is 30.0 Å². The Bertz CT molecular complexity index is 889. The minimum absolute atomic E-state index is 0.00418. The van der Waals surface area contributed by atoms with Crippen molar-refractivity contribution < 1.29 is 27.8 Å². The maximum atomic E-state index is 12.6. The first-order valence-electron chi connectivity index (χ1n) is 7.27. The number of aromatic carboxylic acids is 1. The summed E-state index contributed by atoms with van der Waals surface area (Å²) in [7, 11) is -1.50. The summed E-state index contributed by atoms with van der Waals surface area (Å²) < 4.78 is 39.1. The lowest BCUT2D eigenvalue weighted by molar-refractivity contribution is 0.0692. The highest BCUT2D eigenvalue weighted by Gasteiger charge is 2.24. The van der Waals surface area contributed by atoms with Crippen LogP contribution in [0.2, 0.25) is 0 Å². The molecule has 2 aromatic rings. The highest BCUT2D eigenvalue weighted by Crippen LogP contribution is 2.34. The number of methoxy groups -OCH3 is 2. The summed E-state index contributed by atoms with van der Waals surface area (Å²) in [5.74, 6) is -1.27. The molecule has 0 radical (unpaired) electrons. The van der Waals surface area contributed by atoms with Gasteiger partial charge in [0.05, 0.1) is 19.1 Å². The van der Waals surface area contributed by atoms with E-state index < -0.39 is 16.0 Å². The standard InChI is InChI=1S/C15H19N3O6S/c1-9(2)18-6-5-13(16-18)17-25(21,22)10-7-11(15(19)20)14(24-4)12(8-10)23-3/h5-9H,1-4H3,(H,16,17)(H,19,20). The van der Waals surface area contributed by atoms with Crippen LogP contribution in [0.4, 0.5) is 5.82 Å². The highest BCUT2D eigenvalue weighted by atomic mass is 32.2. The number of benzene rings is 1. The molecule has 2 N–H and O–H groups in total. The Labute approximate surface area is 145 Å². The molecular weight excluding hydrogens is 350 g/mol. The van der Waals surface area contributed by atoms with Crippen LogP contribution in [-0.2, 0) is 10.0 Å². The molecule has 0 atom stereocenters. The molecule has 10 heteroatoms. The number of carboxylic acid groups (broad SMARTS) is 1. The van der Waals surface area contributed by atoms with Crippen molar-refractivity contribution in [1.82, 2.24) is 9.78 Å². The van der Waals surface area contributed by atoms with Gasteiger partial charge < -0.3 is 14.6 Å². The maximum Gasteiger partial charge on any atom is 0.339 e. The molecule has 0 amide bonds. The fraction of sp³-hybridized carbons (Fsp3) is 0.333. The zero-order valence-electron chi connectivity index (χ0n) is 14.2. The molecule has 25 heavy (non-hydrogen) atoms. The molecule has 136 valence electrons. The number of hydrogen-bond acceptors (Lipinski definition) is 6. The van der Waals surface area contributed by atoms with Gasteiger partial charge in [-0.2, -0.15) is 5.10 Å². The van der Waals surface area contributed by atoms with E-state index in [0.29, 0.717) is 0 Å². The Morgan fingerprint density at radius 1 is 1.28 bits per heavy atom. The predicted molar refractivity (Wildman–Crippen MR) is 89.9 cm³/mol. The molecule has 0 saturated heterocycles. The lowest BCUT2D eigenvalue weighted by Gasteiger charge is -2.13. The molecule has 2 rings (SSSR count). The number of rotatable bonds is 7. The molecule has 0 saturated carbocycles. The van der Waals surface area contributed by atoms with Crippen LogP contribution in [0.1, 0.15) is 30.2 Å². The summed E-state index contributed by atoms with van der Waals surface area (Å²) in [5, 5.41) is 13.4. The average Bonchev–Trinajstić information content (AvgIpc) is 3.01.